The number of imide groups is 1. The fraction of sp³-hybridized carbons (Fsp3) is 0.619. The van der Waals surface area contributed by atoms with Crippen LogP contribution in [0.25, 0.3) is 0 Å². The highest BCUT2D eigenvalue weighted by atomic mass is 16.2. The largest absolute Gasteiger partial charge is 0.338 e. The summed E-state index contributed by atoms with van der Waals surface area (Å²) in [6, 6.07) is 2.22. The van der Waals surface area contributed by atoms with Crippen molar-refractivity contribution in [2.75, 3.05) is 31.1 Å². The van der Waals surface area contributed by atoms with Crippen LogP contribution in [0.2, 0.25) is 0 Å². The van der Waals surface area contributed by atoms with Crippen LogP contribution in [0.4, 0.5) is 5.95 Å². The van der Waals surface area contributed by atoms with Crippen LogP contribution >= 0.6 is 0 Å². The zero-order valence-electron chi connectivity index (χ0n) is 16.5. The summed E-state index contributed by atoms with van der Waals surface area (Å²) in [5.74, 6) is 0.647. The number of carbonyl (C=O) groups excluding carboxylic acids is 2. The van der Waals surface area contributed by atoms with E-state index < -0.39 is 0 Å². The molecule has 1 aliphatic carbocycles. The summed E-state index contributed by atoms with van der Waals surface area (Å²) in [6.45, 7) is 5.33. The van der Waals surface area contributed by atoms with Gasteiger partial charge in [-0.2, -0.15) is 0 Å². The van der Waals surface area contributed by atoms with E-state index in [0.717, 1.165) is 57.7 Å². The highest BCUT2D eigenvalue weighted by Gasteiger charge is 2.47. The Bertz CT molecular complexity index is 750. The molecule has 3 aliphatic rings. The van der Waals surface area contributed by atoms with E-state index in [-0.39, 0.29) is 23.7 Å². The van der Waals surface area contributed by atoms with Crippen molar-refractivity contribution in [1.29, 1.82) is 0 Å². The van der Waals surface area contributed by atoms with E-state index in [0.29, 0.717) is 12.6 Å². The maximum Gasteiger partial charge on any atom is 0.233 e. The van der Waals surface area contributed by atoms with Crippen molar-refractivity contribution < 1.29 is 9.59 Å². The molecule has 28 heavy (non-hydrogen) atoms. The topological polar surface area (TPSA) is 78.4 Å². The Morgan fingerprint density at radius 1 is 1.14 bits per heavy atom. The maximum atomic E-state index is 12.6. The van der Waals surface area contributed by atoms with Gasteiger partial charge in [-0.1, -0.05) is 18.1 Å². The van der Waals surface area contributed by atoms with Crippen molar-refractivity contribution in [2.45, 2.75) is 45.1 Å². The van der Waals surface area contributed by atoms with Gasteiger partial charge in [0.1, 0.15) is 0 Å². The van der Waals surface area contributed by atoms with Crippen LogP contribution in [-0.4, -0.2) is 58.9 Å². The van der Waals surface area contributed by atoms with Crippen molar-refractivity contribution in [1.82, 2.24) is 20.2 Å². The second-order valence-corrected chi connectivity index (χ2v) is 8.17. The van der Waals surface area contributed by atoms with Crippen LogP contribution < -0.4 is 10.2 Å². The predicted molar refractivity (Wildman–Crippen MR) is 107 cm³/mol. The molecule has 3 heterocycles. The number of anilines is 1. The van der Waals surface area contributed by atoms with Crippen molar-refractivity contribution in [2.24, 2.45) is 11.8 Å². The van der Waals surface area contributed by atoms with Crippen molar-refractivity contribution >= 4 is 17.8 Å². The summed E-state index contributed by atoms with van der Waals surface area (Å²) in [4.78, 5) is 37.7. The molecule has 7 nitrogen and oxygen atoms in total. The lowest BCUT2D eigenvalue weighted by molar-refractivity contribution is -0.139. The molecule has 1 N–H and O–H groups in total. The molecule has 0 bridgehead atoms. The minimum atomic E-state index is -0.115. The SMILES string of the molecule is CC1=CC[C@H]2C(=O)N(CCCCC3CN(c4ncccn4)CCN3)C(=O)[C@H]2C1. The lowest BCUT2D eigenvalue weighted by Gasteiger charge is -2.33. The quantitative estimate of drug-likeness (QED) is 0.458. The lowest BCUT2D eigenvalue weighted by Crippen LogP contribution is -2.51. The van der Waals surface area contributed by atoms with Crippen LogP contribution in [0.5, 0.6) is 0 Å². The average Bonchev–Trinajstić information content (AvgIpc) is 2.96. The lowest BCUT2D eigenvalue weighted by atomic mass is 9.82. The van der Waals surface area contributed by atoms with Gasteiger partial charge in [0.25, 0.3) is 0 Å². The average molecular weight is 383 g/mol. The number of rotatable bonds is 6. The minimum absolute atomic E-state index is 0.0435. The van der Waals surface area contributed by atoms with E-state index in [1.807, 2.05) is 6.07 Å². The first kappa shape index (κ1) is 19.1. The zero-order chi connectivity index (χ0) is 19.5. The molecule has 1 unspecified atom stereocenters. The molecule has 7 heteroatoms. The van der Waals surface area contributed by atoms with E-state index in [2.05, 4.69) is 33.2 Å². The Morgan fingerprint density at radius 2 is 1.93 bits per heavy atom. The Kier molecular flexibility index (Phi) is 5.71. The van der Waals surface area contributed by atoms with Gasteiger partial charge in [-0.15, -0.1) is 0 Å². The monoisotopic (exact) mass is 383 g/mol. The molecular formula is C21H29N5O2. The van der Waals surface area contributed by atoms with E-state index in [1.54, 1.807) is 12.4 Å². The maximum absolute atomic E-state index is 12.6. The minimum Gasteiger partial charge on any atom is -0.338 e. The van der Waals surface area contributed by atoms with E-state index in [9.17, 15) is 9.59 Å². The molecule has 2 aliphatic heterocycles. The number of hydrogen-bond donors (Lipinski definition) is 1. The van der Waals surface area contributed by atoms with Gasteiger partial charge in [-0.25, -0.2) is 9.97 Å². The molecule has 1 aromatic rings. The Labute approximate surface area is 166 Å². The first-order valence-corrected chi connectivity index (χ1v) is 10.4. The number of hydrogen-bond acceptors (Lipinski definition) is 6. The number of piperazine rings is 1. The third-order valence-electron chi connectivity index (χ3n) is 6.19. The number of amides is 2. The van der Waals surface area contributed by atoms with Crippen LogP contribution in [-0.2, 0) is 9.59 Å². The van der Waals surface area contributed by atoms with Crippen LogP contribution in [0.1, 0.15) is 39.0 Å². The van der Waals surface area contributed by atoms with Crippen molar-refractivity contribution in [3.63, 3.8) is 0 Å². The smallest absolute Gasteiger partial charge is 0.233 e. The van der Waals surface area contributed by atoms with Crippen LogP contribution in [0, 0.1) is 11.8 Å². The molecule has 1 aromatic heterocycles. The first-order chi connectivity index (χ1) is 13.6. The van der Waals surface area contributed by atoms with Gasteiger partial charge >= 0.3 is 0 Å². The summed E-state index contributed by atoms with van der Waals surface area (Å²) < 4.78 is 0. The van der Waals surface area contributed by atoms with E-state index >= 15 is 0 Å². The van der Waals surface area contributed by atoms with Gasteiger partial charge in [-0.05, 0) is 38.7 Å². The third kappa shape index (κ3) is 3.94. The number of allylic oxidation sites excluding steroid dienone is 2. The zero-order valence-corrected chi connectivity index (χ0v) is 16.5. The van der Waals surface area contributed by atoms with Crippen molar-refractivity contribution in [3.05, 3.63) is 30.1 Å². The summed E-state index contributed by atoms with van der Waals surface area (Å²) in [6.07, 6.45) is 10.0. The molecule has 3 atom stereocenters. The standard InChI is InChI=1S/C21H29N5O2/c1-15-6-7-17-18(13-15)20(28)26(19(17)27)11-3-2-5-16-14-25(12-10-22-16)21-23-8-4-9-24-21/h4,6,8-9,16-18,22H,2-3,5,7,10-14H2,1H3/t16?,17-,18+/m1/s1. The molecule has 2 fully saturated rings. The molecule has 0 aromatic carbocycles. The van der Waals surface area contributed by atoms with Crippen molar-refractivity contribution in [3.8, 4) is 0 Å². The summed E-state index contributed by atoms with van der Waals surface area (Å²) >= 11 is 0. The first-order valence-electron chi connectivity index (χ1n) is 10.4. The fourth-order valence-electron chi connectivity index (χ4n) is 4.64. The Morgan fingerprint density at radius 3 is 2.75 bits per heavy atom. The highest BCUT2D eigenvalue weighted by Crippen LogP contribution is 2.37. The molecule has 2 saturated heterocycles. The van der Waals surface area contributed by atoms with E-state index in [1.165, 1.54) is 10.5 Å². The second kappa shape index (κ2) is 8.39. The molecule has 4 rings (SSSR count). The molecule has 0 saturated carbocycles. The number of likely N-dealkylation sites (tertiary alicyclic amines) is 1. The molecular weight excluding hydrogens is 354 g/mol. The highest BCUT2D eigenvalue weighted by molar-refractivity contribution is 6.05. The number of aromatic nitrogens is 2. The Hall–Kier alpha value is -2.28. The fourth-order valence-corrected chi connectivity index (χ4v) is 4.64. The predicted octanol–water partition coefficient (Wildman–Crippen LogP) is 1.77. The molecule has 0 spiro atoms. The van der Waals surface area contributed by atoms with Gasteiger partial charge < -0.3 is 10.2 Å². The number of carbonyl (C=O) groups is 2. The number of nitrogens with one attached hydrogen (secondary N) is 1. The van der Waals surface area contributed by atoms with Gasteiger partial charge in [0.2, 0.25) is 17.8 Å². The van der Waals surface area contributed by atoms with Crippen LogP contribution in [0.3, 0.4) is 0 Å². The molecule has 0 radical (unpaired) electrons. The summed E-state index contributed by atoms with van der Waals surface area (Å²) in [7, 11) is 0. The van der Waals surface area contributed by atoms with Gasteiger partial charge in [-0.3, -0.25) is 14.5 Å². The number of unbranched alkanes of at least 4 members (excludes halogenated alkanes) is 1. The molecule has 2 amide bonds. The second-order valence-electron chi connectivity index (χ2n) is 8.17. The molecule has 150 valence electrons. The normalized spacial score (nSPS) is 27.8. The van der Waals surface area contributed by atoms with Gasteiger partial charge in [0, 0.05) is 44.6 Å². The number of nitrogens with zero attached hydrogens (tertiary/aromatic N) is 4. The summed E-state index contributed by atoms with van der Waals surface area (Å²) in [5, 5.41) is 3.56. The van der Waals surface area contributed by atoms with Gasteiger partial charge in [0.05, 0.1) is 11.8 Å². The van der Waals surface area contributed by atoms with E-state index in [4.69, 9.17) is 0 Å². The summed E-state index contributed by atoms with van der Waals surface area (Å²) in [5.41, 5.74) is 1.24. The third-order valence-corrected chi connectivity index (χ3v) is 6.19. The Balaban J connectivity index is 1.23. The van der Waals surface area contributed by atoms with Gasteiger partial charge in [0.15, 0.2) is 0 Å². The van der Waals surface area contributed by atoms with Crippen LogP contribution in [0.15, 0.2) is 30.1 Å². The number of fused-ring (bicyclic) bond motifs is 1.